The van der Waals surface area contributed by atoms with Crippen LogP contribution in [0.1, 0.15) is 33.1 Å². The molecule has 1 heterocycles. The molecule has 0 aromatic rings. The van der Waals surface area contributed by atoms with Gasteiger partial charge in [-0.15, -0.1) is 0 Å². The second-order valence-electron chi connectivity index (χ2n) is 6.05. The van der Waals surface area contributed by atoms with Crippen LogP contribution < -0.4 is 5.73 Å². The van der Waals surface area contributed by atoms with Crippen LogP contribution in [-0.4, -0.2) is 66.3 Å². The van der Waals surface area contributed by atoms with E-state index < -0.39 is 5.60 Å². The molecule has 1 fully saturated rings. The molecule has 1 aliphatic heterocycles. The number of likely N-dealkylation sites (N-methyl/N-ethyl adjacent to an activating group) is 1. The normalized spacial score (nSPS) is 27.4. The lowest BCUT2D eigenvalue weighted by Gasteiger charge is -2.35. The van der Waals surface area contributed by atoms with E-state index in [0.717, 1.165) is 19.5 Å². The van der Waals surface area contributed by atoms with Crippen molar-refractivity contribution >= 4 is 0 Å². The van der Waals surface area contributed by atoms with Gasteiger partial charge in [0, 0.05) is 25.2 Å². The first-order valence-electron chi connectivity index (χ1n) is 6.68. The zero-order valence-corrected chi connectivity index (χ0v) is 11.8. The number of hydrogen-bond acceptors (Lipinski definition) is 4. The molecule has 0 amide bonds. The summed E-state index contributed by atoms with van der Waals surface area (Å²) >= 11 is 0. The minimum atomic E-state index is -0.731. The molecule has 1 aliphatic rings. The summed E-state index contributed by atoms with van der Waals surface area (Å²) in [5.41, 5.74) is 4.86. The van der Waals surface area contributed by atoms with Crippen molar-refractivity contribution in [1.29, 1.82) is 0 Å². The number of hydrogen-bond donors (Lipinski definition) is 2. The fourth-order valence-electron chi connectivity index (χ4n) is 2.89. The molecule has 0 aromatic heterocycles. The topological polar surface area (TPSA) is 52.7 Å². The summed E-state index contributed by atoms with van der Waals surface area (Å²) in [5, 5.41) is 10.1. The summed E-state index contributed by atoms with van der Waals surface area (Å²) in [4.78, 5) is 4.78. The Balaban J connectivity index is 2.52. The smallest absolute Gasteiger partial charge is 0.0756 e. The number of likely N-dealkylation sites (tertiary alicyclic amines) is 1. The molecule has 3 unspecified atom stereocenters. The number of aliphatic hydroxyl groups is 1. The lowest BCUT2D eigenvalue weighted by atomic mass is 9.96. The van der Waals surface area contributed by atoms with Gasteiger partial charge < -0.3 is 15.7 Å². The van der Waals surface area contributed by atoms with Gasteiger partial charge in [-0.3, -0.25) is 4.90 Å². The summed E-state index contributed by atoms with van der Waals surface area (Å²) in [5.74, 6) is 0. The average molecular weight is 243 g/mol. The van der Waals surface area contributed by atoms with Crippen LogP contribution in [-0.2, 0) is 0 Å². The Hall–Kier alpha value is -0.160. The predicted octanol–water partition coefficient (Wildman–Crippen LogP) is 0.501. The fraction of sp³-hybridized carbons (Fsp3) is 1.00. The highest BCUT2D eigenvalue weighted by molar-refractivity contribution is 4.88. The largest absolute Gasteiger partial charge is 0.389 e. The third-order valence-electron chi connectivity index (χ3n) is 3.74. The molecule has 3 N–H and O–H groups in total. The summed E-state index contributed by atoms with van der Waals surface area (Å²) < 4.78 is 0. The van der Waals surface area contributed by atoms with Gasteiger partial charge >= 0.3 is 0 Å². The number of nitrogens with zero attached hydrogens (tertiary/aromatic N) is 2. The van der Waals surface area contributed by atoms with E-state index in [2.05, 4.69) is 30.8 Å². The van der Waals surface area contributed by atoms with Crippen molar-refractivity contribution < 1.29 is 5.11 Å². The van der Waals surface area contributed by atoms with Gasteiger partial charge in [0.1, 0.15) is 0 Å². The zero-order chi connectivity index (χ0) is 13.1. The molecule has 102 valence electrons. The van der Waals surface area contributed by atoms with Crippen LogP contribution in [0.15, 0.2) is 0 Å². The fourth-order valence-corrected chi connectivity index (χ4v) is 2.89. The molecule has 0 spiro atoms. The molecule has 1 saturated heterocycles. The van der Waals surface area contributed by atoms with Crippen LogP contribution in [0.3, 0.4) is 0 Å². The van der Waals surface area contributed by atoms with E-state index in [-0.39, 0.29) is 0 Å². The second-order valence-corrected chi connectivity index (χ2v) is 6.05. The molecule has 0 saturated carbocycles. The molecule has 17 heavy (non-hydrogen) atoms. The van der Waals surface area contributed by atoms with Gasteiger partial charge in [-0.2, -0.15) is 0 Å². The maximum Gasteiger partial charge on any atom is 0.0756 e. The minimum Gasteiger partial charge on any atom is -0.389 e. The van der Waals surface area contributed by atoms with Gasteiger partial charge in [0.05, 0.1) is 5.60 Å². The predicted molar refractivity (Wildman–Crippen MR) is 72.0 cm³/mol. The molecular formula is C13H29N3O. The Labute approximate surface area is 106 Å². The highest BCUT2D eigenvalue weighted by Gasteiger charge is 2.32. The van der Waals surface area contributed by atoms with E-state index in [1.807, 2.05) is 6.92 Å². The lowest BCUT2D eigenvalue weighted by molar-refractivity contribution is 0.0239. The molecule has 0 aromatic carbocycles. The van der Waals surface area contributed by atoms with E-state index >= 15 is 0 Å². The van der Waals surface area contributed by atoms with Crippen molar-refractivity contribution in [1.82, 2.24) is 9.80 Å². The maximum absolute atomic E-state index is 10.1. The van der Waals surface area contributed by atoms with Gasteiger partial charge in [-0.25, -0.2) is 0 Å². The Morgan fingerprint density at radius 3 is 2.71 bits per heavy atom. The highest BCUT2D eigenvalue weighted by atomic mass is 16.3. The maximum atomic E-state index is 10.1. The van der Waals surface area contributed by atoms with Crippen LogP contribution in [0, 0.1) is 0 Å². The summed E-state index contributed by atoms with van der Waals surface area (Å²) in [7, 11) is 4.24. The quantitative estimate of drug-likeness (QED) is 0.713. The highest BCUT2D eigenvalue weighted by Crippen LogP contribution is 2.24. The molecule has 0 radical (unpaired) electrons. The van der Waals surface area contributed by atoms with Crippen LogP contribution in [0.25, 0.3) is 0 Å². The van der Waals surface area contributed by atoms with Gasteiger partial charge in [0.15, 0.2) is 0 Å². The van der Waals surface area contributed by atoms with E-state index in [4.69, 9.17) is 5.73 Å². The first-order valence-corrected chi connectivity index (χ1v) is 6.68. The molecule has 3 atom stereocenters. The van der Waals surface area contributed by atoms with E-state index in [1.54, 1.807) is 0 Å². The monoisotopic (exact) mass is 243 g/mol. The third kappa shape index (κ3) is 4.54. The average Bonchev–Trinajstić information content (AvgIpc) is 2.64. The standard InChI is InChI=1S/C13H29N3O/c1-11(8-13(2,17)10-14)16-7-5-6-12(16)9-15(3)4/h11-12,17H,5-10,14H2,1-4H3. The summed E-state index contributed by atoms with van der Waals surface area (Å²) in [6.45, 7) is 6.64. The van der Waals surface area contributed by atoms with E-state index in [1.165, 1.54) is 12.8 Å². The Morgan fingerprint density at radius 2 is 2.18 bits per heavy atom. The number of nitrogens with two attached hydrogens (primary N) is 1. The van der Waals surface area contributed by atoms with Crippen LogP contribution >= 0.6 is 0 Å². The first-order chi connectivity index (χ1) is 7.85. The van der Waals surface area contributed by atoms with Crippen molar-refractivity contribution in [3.8, 4) is 0 Å². The van der Waals surface area contributed by atoms with Crippen molar-refractivity contribution in [2.75, 3.05) is 33.7 Å². The zero-order valence-electron chi connectivity index (χ0n) is 11.8. The van der Waals surface area contributed by atoms with Crippen molar-refractivity contribution in [2.24, 2.45) is 5.73 Å². The Morgan fingerprint density at radius 1 is 1.53 bits per heavy atom. The second kappa shape index (κ2) is 6.14. The molecule has 1 rings (SSSR count). The third-order valence-corrected chi connectivity index (χ3v) is 3.74. The lowest BCUT2D eigenvalue weighted by Crippen LogP contribution is -2.47. The van der Waals surface area contributed by atoms with Crippen LogP contribution in [0.2, 0.25) is 0 Å². The van der Waals surface area contributed by atoms with Gasteiger partial charge in [-0.1, -0.05) is 0 Å². The van der Waals surface area contributed by atoms with Crippen LogP contribution in [0.5, 0.6) is 0 Å². The Bertz CT molecular complexity index is 231. The van der Waals surface area contributed by atoms with Crippen molar-refractivity contribution in [3.05, 3.63) is 0 Å². The van der Waals surface area contributed by atoms with Gasteiger partial charge in [0.2, 0.25) is 0 Å². The molecule has 4 nitrogen and oxygen atoms in total. The van der Waals surface area contributed by atoms with Gasteiger partial charge in [0.25, 0.3) is 0 Å². The van der Waals surface area contributed by atoms with Crippen molar-refractivity contribution in [2.45, 2.75) is 50.8 Å². The van der Waals surface area contributed by atoms with Crippen molar-refractivity contribution in [3.63, 3.8) is 0 Å². The summed E-state index contributed by atoms with van der Waals surface area (Å²) in [6.07, 6.45) is 3.30. The SMILES string of the molecule is CC(CC(C)(O)CN)N1CCCC1CN(C)C. The molecule has 4 heteroatoms. The van der Waals surface area contributed by atoms with E-state index in [9.17, 15) is 5.11 Å². The Kier molecular flexibility index (Phi) is 5.38. The van der Waals surface area contributed by atoms with Crippen LogP contribution in [0.4, 0.5) is 0 Å². The summed E-state index contributed by atoms with van der Waals surface area (Å²) in [6, 6.07) is 1.04. The van der Waals surface area contributed by atoms with E-state index in [0.29, 0.717) is 18.6 Å². The minimum absolute atomic E-state index is 0.337. The molecular weight excluding hydrogens is 214 g/mol. The number of rotatable bonds is 6. The van der Waals surface area contributed by atoms with Gasteiger partial charge in [-0.05, 0) is 53.8 Å². The first kappa shape index (κ1) is 14.9. The molecule has 0 aliphatic carbocycles. The molecule has 0 bridgehead atoms.